The van der Waals surface area contributed by atoms with Crippen LogP contribution < -0.4 is 11.2 Å². The maximum atomic E-state index is 15.2. The average molecular weight is 593 g/mol. The zero-order valence-corrected chi connectivity index (χ0v) is 22.6. The number of rotatable bonds is 8. The van der Waals surface area contributed by atoms with E-state index >= 15 is 4.39 Å². The first-order valence-electron chi connectivity index (χ1n) is 11.8. The summed E-state index contributed by atoms with van der Waals surface area (Å²) in [5.74, 6) is -0.958. The van der Waals surface area contributed by atoms with Crippen LogP contribution in [-0.4, -0.2) is 72.7 Å². The Hall–Kier alpha value is -2.38. The molecule has 1 aliphatic rings. The SMILES string of the molecule is CCS(=O)(=O)c1ccc(Cl)cc1Cn1c(=O)[nH]c2c(Cl)c(CN3CCN(CC(F)F)CC3)c(F)cc2c1=O. The van der Waals surface area contributed by atoms with Crippen molar-refractivity contribution < 1.29 is 21.6 Å². The van der Waals surface area contributed by atoms with E-state index in [1.165, 1.54) is 25.1 Å². The summed E-state index contributed by atoms with van der Waals surface area (Å²) in [5, 5.41) is -0.0954. The molecule has 1 N–H and O–H groups in total. The van der Waals surface area contributed by atoms with E-state index in [2.05, 4.69) is 4.98 Å². The van der Waals surface area contributed by atoms with Gasteiger partial charge in [0.15, 0.2) is 9.84 Å². The van der Waals surface area contributed by atoms with Gasteiger partial charge in [0.2, 0.25) is 0 Å². The van der Waals surface area contributed by atoms with Crippen molar-refractivity contribution >= 4 is 43.9 Å². The number of aromatic amines is 1. The molecule has 0 bridgehead atoms. The van der Waals surface area contributed by atoms with Crippen molar-refractivity contribution in [2.45, 2.75) is 31.3 Å². The molecule has 0 amide bonds. The van der Waals surface area contributed by atoms with Gasteiger partial charge in [-0.05, 0) is 29.8 Å². The van der Waals surface area contributed by atoms with Crippen molar-refractivity contribution in [3.8, 4) is 0 Å². The van der Waals surface area contributed by atoms with Gasteiger partial charge in [0.25, 0.3) is 12.0 Å². The molecule has 8 nitrogen and oxygen atoms in total. The van der Waals surface area contributed by atoms with Crippen LogP contribution in [0.2, 0.25) is 10.0 Å². The van der Waals surface area contributed by atoms with Crippen LogP contribution >= 0.6 is 23.2 Å². The molecular formula is C24H25Cl2F3N4O4S. The molecule has 1 fully saturated rings. The van der Waals surface area contributed by atoms with E-state index in [-0.39, 0.29) is 55.8 Å². The number of piperazine rings is 1. The lowest BCUT2D eigenvalue weighted by Crippen LogP contribution is -2.47. The topological polar surface area (TPSA) is 95.5 Å². The van der Waals surface area contributed by atoms with Gasteiger partial charge in [0.05, 0.1) is 39.7 Å². The van der Waals surface area contributed by atoms with Crippen LogP contribution in [0.5, 0.6) is 0 Å². The number of sulfone groups is 1. The molecule has 0 radical (unpaired) electrons. The lowest BCUT2D eigenvalue weighted by atomic mass is 10.1. The minimum Gasteiger partial charge on any atom is -0.305 e. The maximum Gasteiger partial charge on any atom is 0.329 e. The number of H-pyrrole nitrogens is 1. The number of hydrogen-bond acceptors (Lipinski definition) is 6. The zero-order chi connectivity index (χ0) is 27.8. The molecule has 0 aliphatic carbocycles. The molecular weight excluding hydrogens is 568 g/mol. The lowest BCUT2D eigenvalue weighted by molar-refractivity contribution is 0.0541. The highest BCUT2D eigenvalue weighted by Crippen LogP contribution is 2.28. The van der Waals surface area contributed by atoms with E-state index in [4.69, 9.17) is 23.2 Å². The van der Waals surface area contributed by atoms with E-state index in [0.29, 0.717) is 26.2 Å². The Kier molecular flexibility index (Phi) is 8.58. The van der Waals surface area contributed by atoms with Crippen molar-refractivity contribution in [2.75, 3.05) is 38.5 Å². The van der Waals surface area contributed by atoms with E-state index < -0.39 is 39.9 Å². The van der Waals surface area contributed by atoms with Crippen LogP contribution in [0, 0.1) is 5.82 Å². The summed E-state index contributed by atoms with van der Waals surface area (Å²) in [7, 11) is -3.69. The predicted octanol–water partition coefficient (Wildman–Crippen LogP) is 3.36. The maximum absolute atomic E-state index is 15.2. The second-order valence-corrected chi connectivity index (χ2v) is 12.1. The smallest absolute Gasteiger partial charge is 0.305 e. The van der Waals surface area contributed by atoms with Gasteiger partial charge in [-0.3, -0.25) is 19.2 Å². The number of benzene rings is 2. The standard InChI is InChI=1S/C24H25Cl2F3N4O4S/c1-2-38(36,37)19-4-3-15(25)9-14(19)11-33-23(34)16-10-18(27)17(21(26)22(16)30-24(33)35)12-31-5-7-32(8-6-31)13-20(28)29/h3-4,9-10,20H,2,5-8,11-13H2,1H3,(H,30,35). The van der Waals surface area contributed by atoms with Crippen LogP contribution in [0.4, 0.5) is 13.2 Å². The van der Waals surface area contributed by atoms with E-state index in [9.17, 15) is 26.8 Å². The van der Waals surface area contributed by atoms with Crippen LogP contribution in [0.3, 0.4) is 0 Å². The van der Waals surface area contributed by atoms with E-state index in [0.717, 1.165) is 10.6 Å². The molecule has 14 heteroatoms. The highest BCUT2D eigenvalue weighted by atomic mass is 35.5. The summed E-state index contributed by atoms with van der Waals surface area (Å²) in [6, 6.07) is 5.06. The Labute approximate surface area is 226 Å². The minimum absolute atomic E-state index is 0.0434. The summed E-state index contributed by atoms with van der Waals surface area (Å²) < 4.78 is 66.3. The van der Waals surface area contributed by atoms with Crippen LogP contribution in [-0.2, 0) is 22.9 Å². The summed E-state index contributed by atoms with van der Waals surface area (Å²) in [4.78, 5) is 32.1. The fraction of sp³-hybridized carbons (Fsp3) is 0.417. The molecule has 1 aromatic heterocycles. The minimum atomic E-state index is -3.69. The fourth-order valence-electron chi connectivity index (χ4n) is 4.50. The van der Waals surface area contributed by atoms with Crippen LogP contribution in [0.15, 0.2) is 38.8 Å². The van der Waals surface area contributed by atoms with Gasteiger partial charge in [0.1, 0.15) is 5.82 Å². The Bertz CT molecular complexity index is 1590. The second kappa shape index (κ2) is 11.4. The van der Waals surface area contributed by atoms with Crippen LogP contribution in [0.1, 0.15) is 18.1 Å². The second-order valence-electron chi connectivity index (χ2n) is 9.02. The largest absolute Gasteiger partial charge is 0.329 e. The Balaban J connectivity index is 1.69. The number of alkyl halides is 2. The highest BCUT2D eigenvalue weighted by Gasteiger charge is 2.24. The average Bonchev–Trinajstić information content (AvgIpc) is 2.86. The number of nitrogens with one attached hydrogen (secondary N) is 1. The molecule has 4 rings (SSSR count). The molecule has 206 valence electrons. The van der Waals surface area contributed by atoms with Crippen molar-refractivity contribution in [2.24, 2.45) is 0 Å². The third-order valence-electron chi connectivity index (χ3n) is 6.57. The Morgan fingerprint density at radius 1 is 1.03 bits per heavy atom. The third kappa shape index (κ3) is 5.94. The zero-order valence-electron chi connectivity index (χ0n) is 20.3. The normalized spacial score (nSPS) is 15.6. The molecule has 0 atom stereocenters. The monoisotopic (exact) mass is 592 g/mol. The van der Waals surface area contributed by atoms with Crippen molar-refractivity contribution in [1.29, 1.82) is 0 Å². The fourth-order valence-corrected chi connectivity index (χ4v) is 6.10. The number of aromatic nitrogens is 2. The molecule has 2 heterocycles. The number of hydrogen-bond donors (Lipinski definition) is 1. The van der Waals surface area contributed by atoms with Gasteiger partial charge < -0.3 is 4.98 Å². The van der Waals surface area contributed by atoms with E-state index in [1.54, 1.807) is 4.90 Å². The number of halogens is 5. The predicted molar refractivity (Wildman–Crippen MR) is 140 cm³/mol. The van der Waals surface area contributed by atoms with Gasteiger partial charge in [0, 0.05) is 43.3 Å². The molecule has 1 aliphatic heterocycles. The van der Waals surface area contributed by atoms with Crippen molar-refractivity contribution in [3.63, 3.8) is 0 Å². The Morgan fingerprint density at radius 3 is 2.32 bits per heavy atom. The quantitative estimate of drug-likeness (QED) is 0.431. The Morgan fingerprint density at radius 2 is 1.68 bits per heavy atom. The first kappa shape index (κ1) is 28.6. The third-order valence-corrected chi connectivity index (χ3v) is 9.06. The molecule has 0 saturated carbocycles. The first-order valence-corrected chi connectivity index (χ1v) is 14.2. The van der Waals surface area contributed by atoms with Crippen molar-refractivity contribution in [1.82, 2.24) is 19.4 Å². The van der Waals surface area contributed by atoms with Crippen molar-refractivity contribution in [3.05, 3.63) is 72.1 Å². The van der Waals surface area contributed by atoms with Crippen LogP contribution in [0.25, 0.3) is 10.9 Å². The molecule has 38 heavy (non-hydrogen) atoms. The number of nitrogens with zero attached hydrogens (tertiary/aromatic N) is 3. The number of fused-ring (bicyclic) bond motifs is 1. The summed E-state index contributed by atoms with van der Waals surface area (Å²) in [6.07, 6.45) is -2.43. The molecule has 2 aromatic carbocycles. The van der Waals surface area contributed by atoms with Gasteiger partial charge in [-0.1, -0.05) is 30.1 Å². The summed E-state index contributed by atoms with van der Waals surface area (Å²) >= 11 is 12.5. The molecule has 3 aromatic rings. The molecule has 0 unspecified atom stereocenters. The summed E-state index contributed by atoms with van der Waals surface area (Å²) in [5.41, 5.74) is -1.54. The molecule has 0 spiro atoms. The highest BCUT2D eigenvalue weighted by molar-refractivity contribution is 7.91. The van der Waals surface area contributed by atoms with Gasteiger partial charge in [-0.15, -0.1) is 0 Å². The van der Waals surface area contributed by atoms with Gasteiger partial charge in [-0.25, -0.2) is 26.4 Å². The van der Waals surface area contributed by atoms with Gasteiger partial charge in [-0.2, -0.15) is 0 Å². The van der Waals surface area contributed by atoms with Gasteiger partial charge >= 0.3 is 5.69 Å². The molecule has 1 saturated heterocycles. The lowest BCUT2D eigenvalue weighted by Gasteiger charge is -2.34. The van der Waals surface area contributed by atoms with E-state index in [1.807, 2.05) is 4.90 Å². The first-order chi connectivity index (χ1) is 17.9. The summed E-state index contributed by atoms with van der Waals surface area (Å²) in [6.45, 7) is 2.40.